The molecular weight excluding hydrogens is 204 g/mol. The summed E-state index contributed by atoms with van der Waals surface area (Å²) in [7, 11) is 0. The Balaban J connectivity index is 3.24. The van der Waals surface area contributed by atoms with Gasteiger partial charge in [-0.05, 0) is 18.6 Å². The molecule has 0 unspecified atom stereocenters. The number of ether oxygens (including phenoxy) is 2. The third-order valence-corrected chi connectivity index (χ3v) is 1.69. The number of carboxylic acids is 1. The van der Waals surface area contributed by atoms with E-state index in [1.807, 2.05) is 0 Å². The zero-order valence-electron chi connectivity index (χ0n) is 8.32. The zero-order valence-corrected chi connectivity index (χ0v) is 9.14. The summed E-state index contributed by atoms with van der Waals surface area (Å²) < 4.78 is 9.89. The van der Waals surface area contributed by atoms with E-state index in [4.69, 9.17) is 26.8 Å². The van der Waals surface area contributed by atoms with E-state index in [-0.39, 0.29) is 13.2 Å². The average molecular weight is 220 g/mol. The van der Waals surface area contributed by atoms with Crippen LogP contribution in [0.15, 0.2) is 0 Å². The smallest absolute Gasteiger partial charge is 0.329 e. The second kappa shape index (κ2) is 8.90. The summed E-state index contributed by atoms with van der Waals surface area (Å²) in [6, 6.07) is 0. The summed E-state index contributed by atoms with van der Waals surface area (Å²) in [6.07, 6.45) is 3.21. The van der Waals surface area contributed by atoms with Crippen molar-refractivity contribution < 1.29 is 19.4 Å². The Bertz CT molecular complexity index is 182. The van der Waals surface area contributed by atoms with Gasteiger partial charge in [-0.2, -0.15) is 0 Å². The van der Waals surface area contributed by atoms with Crippen molar-refractivity contribution in [2.45, 2.75) is 26.2 Å². The van der Waals surface area contributed by atoms with E-state index in [1.54, 1.807) is 0 Å². The van der Waals surface area contributed by atoms with E-state index < -0.39 is 5.97 Å². The van der Waals surface area contributed by atoms with Crippen molar-refractivity contribution in [3.8, 4) is 0 Å². The second-order valence-corrected chi connectivity index (χ2v) is 3.27. The average Bonchev–Trinajstić information content (AvgIpc) is 2.12. The molecule has 0 aliphatic rings. The van der Waals surface area contributed by atoms with Gasteiger partial charge in [0, 0.05) is 0 Å². The number of carboxylic acid groups (broad SMARTS) is 1. The fraction of sp³-hybridized carbons (Fsp3) is 0.778. The number of hydrogen-bond acceptors (Lipinski definition) is 4. The summed E-state index contributed by atoms with van der Waals surface area (Å²) in [6.45, 7) is 2.43. The molecule has 0 fully saturated rings. The minimum atomic E-state index is -1.00. The predicted octanol–water partition coefficient (Wildman–Crippen LogP) is 1.62. The molecule has 0 rings (SSSR count). The molecule has 0 aromatic heterocycles. The fourth-order valence-corrected chi connectivity index (χ4v) is 0.968. The number of unbranched alkanes of at least 4 members (excludes halogenated alkanes) is 2. The molecule has 0 aromatic carbocycles. The quantitative estimate of drug-likeness (QED) is 0.497. The number of aliphatic carboxylic acids is 1. The standard InChI is InChI=1S/C9H16O4S/c1-2-3-4-5-13-9(14)7-12-6-8(10)11/h2-7H2,1H3,(H,10,11). The Hall–Kier alpha value is -0.680. The van der Waals surface area contributed by atoms with Gasteiger partial charge in [-0.25, -0.2) is 4.79 Å². The van der Waals surface area contributed by atoms with E-state index in [2.05, 4.69) is 6.92 Å². The van der Waals surface area contributed by atoms with Crippen LogP contribution in [0.3, 0.4) is 0 Å². The molecule has 0 atom stereocenters. The Labute approximate surface area is 89.2 Å². The molecule has 0 saturated carbocycles. The molecular formula is C9H16O4S. The predicted molar refractivity (Wildman–Crippen MR) is 56.5 cm³/mol. The van der Waals surface area contributed by atoms with Crippen molar-refractivity contribution in [1.82, 2.24) is 0 Å². The Morgan fingerprint density at radius 1 is 1.36 bits per heavy atom. The number of hydrogen-bond donors (Lipinski definition) is 1. The van der Waals surface area contributed by atoms with Gasteiger partial charge >= 0.3 is 5.97 Å². The van der Waals surface area contributed by atoms with Crippen LogP contribution in [-0.2, 0) is 14.3 Å². The lowest BCUT2D eigenvalue weighted by atomic mass is 10.3. The third kappa shape index (κ3) is 9.41. The van der Waals surface area contributed by atoms with Crippen molar-refractivity contribution in [2.75, 3.05) is 19.8 Å². The van der Waals surface area contributed by atoms with Crippen LogP contribution >= 0.6 is 12.2 Å². The lowest BCUT2D eigenvalue weighted by Gasteiger charge is -2.06. The Morgan fingerprint density at radius 3 is 2.64 bits per heavy atom. The topological polar surface area (TPSA) is 55.8 Å². The molecule has 0 aliphatic heterocycles. The Morgan fingerprint density at radius 2 is 2.07 bits per heavy atom. The van der Waals surface area contributed by atoms with E-state index in [0.717, 1.165) is 19.3 Å². The van der Waals surface area contributed by atoms with Crippen LogP contribution in [0.5, 0.6) is 0 Å². The molecule has 4 nitrogen and oxygen atoms in total. The molecule has 0 aliphatic carbocycles. The number of carbonyl (C=O) groups is 1. The van der Waals surface area contributed by atoms with Crippen LogP contribution in [0.25, 0.3) is 0 Å². The van der Waals surface area contributed by atoms with Gasteiger partial charge in [0.25, 0.3) is 0 Å². The van der Waals surface area contributed by atoms with Crippen LogP contribution in [-0.4, -0.2) is 35.9 Å². The molecule has 14 heavy (non-hydrogen) atoms. The maximum absolute atomic E-state index is 10.1. The zero-order chi connectivity index (χ0) is 10.8. The maximum atomic E-state index is 10.1. The van der Waals surface area contributed by atoms with E-state index in [0.29, 0.717) is 11.7 Å². The highest BCUT2D eigenvalue weighted by Gasteiger charge is 2.00. The van der Waals surface area contributed by atoms with Gasteiger partial charge in [0.2, 0.25) is 0 Å². The minimum absolute atomic E-state index is 0.0771. The molecule has 0 spiro atoms. The maximum Gasteiger partial charge on any atom is 0.329 e. The first kappa shape index (κ1) is 13.3. The molecule has 82 valence electrons. The first-order valence-electron chi connectivity index (χ1n) is 4.62. The largest absolute Gasteiger partial charge is 0.485 e. The van der Waals surface area contributed by atoms with Gasteiger partial charge in [-0.1, -0.05) is 19.8 Å². The van der Waals surface area contributed by atoms with Crippen LogP contribution in [0.2, 0.25) is 0 Å². The summed E-state index contributed by atoms with van der Waals surface area (Å²) >= 11 is 4.82. The van der Waals surface area contributed by atoms with Gasteiger partial charge in [0.05, 0.1) is 6.61 Å². The van der Waals surface area contributed by atoms with Crippen molar-refractivity contribution in [3.63, 3.8) is 0 Å². The van der Waals surface area contributed by atoms with Gasteiger partial charge in [0.15, 0.2) is 5.05 Å². The molecule has 0 bridgehead atoms. The van der Waals surface area contributed by atoms with E-state index in [1.165, 1.54) is 0 Å². The van der Waals surface area contributed by atoms with Gasteiger partial charge < -0.3 is 14.6 Å². The lowest BCUT2D eigenvalue weighted by Crippen LogP contribution is -2.15. The fourth-order valence-electron chi connectivity index (χ4n) is 0.801. The highest BCUT2D eigenvalue weighted by molar-refractivity contribution is 7.80. The van der Waals surface area contributed by atoms with Gasteiger partial charge in [-0.15, -0.1) is 0 Å². The summed E-state index contributed by atoms with van der Waals surface area (Å²) in [5.41, 5.74) is 0. The summed E-state index contributed by atoms with van der Waals surface area (Å²) in [5, 5.41) is 8.58. The number of thiocarbonyl (C=S) groups is 1. The SMILES string of the molecule is CCCCCOC(=S)COCC(=O)O. The summed E-state index contributed by atoms with van der Waals surface area (Å²) in [4.78, 5) is 10.1. The van der Waals surface area contributed by atoms with Gasteiger partial charge in [-0.3, -0.25) is 0 Å². The lowest BCUT2D eigenvalue weighted by molar-refractivity contribution is -0.141. The molecule has 1 N–H and O–H groups in total. The first-order valence-corrected chi connectivity index (χ1v) is 5.02. The highest BCUT2D eigenvalue weighted by Crippen LogP contribution is 1.95. The monoisotopic (exact) mass is 220 g/mol. The van der Waals surface area contributed by atoms with Crippen LogP contribution in [0.1, 0.15) is 26.2 Å². The molecule has 0 heterocycles. The Kier molecular flexibility index (Phi) is 8.47. The molecule has 0 amide bonds. The van der Waals surface area contributed by atoms with Crippen LogP contribution in [0, 0.1) is 0 Å². The van der Waals surface area contributed by atoms with Crippen molar-refractivity contribution in [1.29, 1.82) is 0 Å². The third-order valence-electron chi connectivity index (χ3n) is 1.46. The van der Waals surface area contributed by atoms with Crippen molar-refractivity contribution >= 4 is 23.2 Å². The van der Waals surface area contributed by atoms with Gasteiger partial charge in [0.1, 0.15) is 13.2 Å². The highest BCUT2D eigenvalue weighted by atomic mass is 32.1. The van der Waals surface area contributed by atoms with Crippen molar-refractivity contribution in [3.05, 3.63) is 0 Å². The van der Waals surface area contributed by atoms with Crippen LogP contribution in [0.4, 0.5) is 0 Å². The minimum Gasteiger partial charge on any atom is -0.485 e. The molecule has 0 radical (unpaired) electrons. The first-order chi connectivity index (χ1) is 6.66. The normalized spacial score (nSPS) is 9.79. The van der Waals surface area contributed by atoms with E-state index in [9.17, 15) is 4.79 Å². The molecule has 0 saturated heterocycles. The summed E-state index contributed by atoms with van der Waals surface area (Å²) in [5.74, 6) is -1.00. The van der Waals surface area contributed by atoms with Crippen molar-refractivity contribution in [2.24, 2.45) is 0 Å². The molecule has 0 aromatic rings. The number of rotatable bonds is 8. The second-order valence-electron chi connectivity index (χ2n) is 2.81. The van der Waals surface area contributed by atoms with Crippen LogP contribution < -0.4 is 0 Å². The molecule has 5 heteroatoms. The van der Waals surface area contributed by atoms with E-state index >= 15 is 0 Å².